The molecule has 0 aliphatic carbocycles. The van der Waals surface area contributed by atoms with Gasteiger partial charge in [-0.25, -0.2) is 0 Å². The lowest BCUT2D eigenvalue weighted by atomic mass is 10.00. The number of hydrogen-bond donors (Lipinski definition) is 0. The van der Waals surface area contributed by atoms with Gasteiger partial charge in [-0.2, -0.15) is 0 Å². The molecule has 4 aromatic rings. The monoisotopic (exact) mass is 380 g/mol. The average Bonchev–Trinajstić information content (AvgIpc) is 3.18. The SMILES string of the molecule is CN1Cc2c(-c3ccccc3)noc2C=C1c1ccc(Oc2ccccc2)cc1. The maximum absolute atomic E-state index is 5.89. The van der Waals surface area contributed by atoms with Crippen LogP contribution in [-0.2, 0) is 6.54 Å². The highest BCUT2D eigenvalue weighted by Crippen LogP contribution is 2.35. The molecule has 0 bridgehead atoms. The van der Waals surface area contributed by atoms with Gasteiger partial charge in [0.1, 0.15) is 17.2 Å². The van der Waals surface area contributed by atoms with Crippen LogP contribution in [0.15, 0.2) is 89.5 Å². The Labute approximate surface area is 169 Å². The molecule has 1 aliphatic heterocycles. The molecule has 1 aliphatic rings. The first-order valence-corrected chi connectivity index (χ1v) is 9.58. The largest absolute Gasteiger partial charge is 0.457 e. The lowest BCUT2D eigenvalue weighted by molar-refractivity contribution is 0.403. The van der Waals surface area contributed by atoms with Crippen molar-refractivity contribution in [1.82, 2.24) is 10.1 Å². The van der Waals surface area contributed by atoms with Crippen molar-refractivity contribution >= 4 is 11.8 Å². The van der Waals surface area contributed by atoms with Crippen LogP contribution in [0.1, 0.15) is 16.9 Å². The molecule has 0 fully saturated rings. The van der Waals surface area contributed by atoms with Crippen molar-refractivity contribution in [2.24, 2.45) is 0 Å². The standard InChI is InChI=1S/C25H20N2O2/c1-27-17-22-24(29-26-25(22)19-8-4-2-5-9-19)16-23(27)18-12-14-21(15-13-18)28-20-10-6-3-7-11-20/h2-16H,17H2,1H3. The molecule has 29 heavy (non-hydrogen) atoms. The normalized spacial score (nSPS) is 13.0. The molecule has 5 rings (SSSR count). The number of para-hydroxylation sites is 1. The Morgan fingerprint density at radius 1 is 0.793 bits per heavy atom. The van der Waals surface area contributed by atoms with E-state index >= 15 is 0 Å². The molecule has 4 nitrogen and oxygen atoms in total. The zero-order valence-corrected chi connectivity index (χ0v) is 16.1. The van der Waals surface area contributed by atoms with Crippen molar-refractivity contribution in [3.63, 3.8) is 0 Å². The van der Waals surface area contributed by atoms with E-state index in [1.54, 1.807) is 0 Å². The van der Waals surface area contributed by atoms with E-state index in [0.717, 1.165) is 51.9 Å². The smallest absolute Gasteiger partial charge is 0.167 e. The van der Waals surface area contributed by atoms with E-state index in [1.165, 1.54) is 0 Å². The van der Waals surface area contributed by atoms with Gasteiger partial charge in [0, 0.05) is 36.5 Å². The summed E-state index contributed by atoms with van der Waals surface area (Å²) in [6.07, 6.45) is 2.06. The van der Waals surface area contributed by atoms with Crippen molar-refractivity contribution in [2.75, 3.05) is 7.05 Å². The fraction of sp³-hybridized carbons (Fsp3) is 0.0800. The van der Waals surface area contributed by atoms with Crippen molar-refractivity contribution in [3.05, 3.63) is 102 Å². The minimum atomic E-state index is 0.747. The Bertz CT molecular complexity index is 1150. The van der Waals surface area contributed by atoms with Crippen LogP contribution >= 0.6 is 0 Å². The average molecular weight is 380 g/mol. The summed E-state index contributed by atoms with van der Waals surface area (Å²) >= 11 is 0. The third-order valence-electron chi connectivity index (χ3n) is 5.07. The Morgan fingerprint density at radius 3 is 2.17 bits per heavy atom. The van der Waals surface area contributed by atoms with Crippen LogP contribution in [0.2, 0.25) is 0 Å². The van der Waals surface area contributed by atoms with Crippen molar-refractivity contribution in [2.45, 2.75) is 6.54 Å². The van der Waals surface area contributed by atoms with Crippen LogP contribution in [0.3, 0.4) is 0 Å². The lowest BCUT2D eigenvalue weighted by Gasteiger charge is -2.26. The van der Waals surface area contributed by atoms with Crippen molar-refractivity contribution < 1.29 is 9.26 Å². The van der Waals surface area contributed by atoms with Gasteiger partial charge in [0.05, 0.1) is 0 Å². The zero-order valence-electron chi connectivity index (χ0n) is 16.1. The molecule has 0 amide bonds. The van der Waals surface area contributed by atoms with Crippen LogP contribution in [0, 0.1) is 0 Å². The molecular formula is C25H20N2O2. The van der Waals surface area contributed by atoms with Gasteiger partial charge in [0.2, 0.25) is 0 Å². The van der Waals surface area contributed by atoms with Gasteiger partial charge < -0.3 is 14.2 Å². The first kappa shape index (κ1) is 17.3. The number of hydrogen-bond acceptors (Lipinski definition) is 4. The van der Waals surface area contributed by atoms with E-state index in [0.29, 0.717) is 0 Å². The molecule has 0 radical (unpaired) electrons. The van der Waals surface area contributed by atoms with E-state index < -0.39 is 0 Å². The van der Waals surface area contributed by atoms with Crippen molar-refractivity contribution in [1.29, 1.82) is 0 Å². The Balaban J connectivity index is 1.43. The Morgan fingerprint density at radius 2 is 1.45 bits per heavy atom. The summed E-state index contributed by atoms with van der Waals surface area (Å²) < 4.78 is 11.6. The Kier molecular flexibility index (Phi) is 4.37. The Hall–Kier alpha value is -3.79. The maximum Gasteiger partial charge on any atom is 0.167 e. The fourth-order valence-corrected chi connectivity index (χ4v) is 3.59. The third-order valence-corrected chi connectivity index (χ3v) is 5.07. The number of aromatic nitrogens is 1. The number of nitrogens with zero attached hydrogens (tertiary/aromatic N) is 2. The molecule has 2 heterocycles. The van der Waals surface area contributed by atoms with Crippen LogP contribution in [0.4, 0.5) is 0 Å². The van der Waals surface area contributed by atoms with Crippen molar-refractivity contribution in [3.8, 4) is 22.8 Å². The van der Waals surface area contributed by atoms with Gasteiger partial charge in [-0.05, 0) is 42.0 Å². The molecule has 4 heteroatoms. The first-order valence-electron chi connectivity index (χ1n) is 9.58. The second-order valence-electron chi connectivity index (χ2n) is 7.07. The van der Waals surface area contributed by atoms with Gasteiger partial charge in [0.15, 0.2) is 5.76 Å². The highest BCUT2D eigenvalue weighted by Gasteiger charge is 2.24. The minimum Gasteiger partial charge on any atom is -0.457 e. The molecule has 0 saturated heterocycles. The van der Waals surface area contributed by atoms with Gasteiger partial charge in [0.25, 0.3) is 0 Å². The van der Waals surface area contributed by atoms with E-state index in [9.17, 15) is 0 Å². The second-order valence-corrected chi connectivity index (χ2v) is 7.07. The summed E-state index contributed by atoms with van der Waals surface area (Å²) in [5, 5.41) is 4.33. The minimum absolute atomic E-state index is 0.747. The molecule has 0 N–H and O–H groups in total. The summed E-state index contributed by atoms with van der Waals surface area (Å²) in [6.45, 7) is 0.747. The lowest BCUT2D eigenvalue weighted by Crippen LogP contribution is -2.20. The topological polar surface area (TPSA) is 38.5 Å². The van der Waals surface area contributed by atoms with E-state index in [-0.39, 0.29) is 0 Å². The number of rotatable bonds is 4. The highest BCUT2D eigenvalue weighted by atomic mass is 16.5. The molecule has 0 spiro atoms. The fourth-order valence-electron chi connectivity index (χ4n) is 3.59. The van der Waals surface area contributed by atoms with E-state index in [4.69, 9.17) is 9.26 Å². The molecule has 0 saturated carbocycles. The number of benzene rings is 3. The van der Waals surface area contributed by atoms with Crippen LogP contribution in [-0.4, -0.2) is 17.1 Å². The molecule has 3 aromatic carbocycles. The summed E-state index contributed by atoms with van der Waals surface area (Å²) in [5.74, 6) is 2.46. The predicted molar refractivity (Wildman–Crippen MR) is 114 cm³/mol. The molecule has 142 valence electrons. The van der Waals surface area contributed by atoms with E-state index in [2.05, 4.69) is 47.4 Å². The number of fused-ring (bicyclic) bond motifs is 1. The predicted octanol–water partition coefficient (Wildman–Crippen LogP) is 6.08. The quantitative estimate of drug-likeness (QED) is 0.430. The van der Waals surface area contributed by atoms with E-state index in [1.807, 2.05) is 60.7 Å². The molecular weight excluding hydrogens is 360 g/mol. The highest BCUT2D eigenvalue weighted by molar-refractivity contribution is 5.83. The van der Waals surface area contributed by atoms with Crippen LogP contribution in [0.25, 0.3) is 23.0 Å². The van der Waals surface area contributed by atoms with Gasteiger partial charge in [-0.1, -0.05) is 53.7 Å². The summed E-state index contributed by atoms with van der Waals surface area (Å²) in [5.41, 5.74) is 5.31. The van der Waals surface area contributed by atoms with Gasteiger partial charge in [-0.3, -0.25) is 0 Å². The molecule has 0 atom stereocenters. The summed E-state index contributed by atoms with van der Waals surface area (Å²) in [7, 11) is 2.09. The third kappa shape index (κ3) is 3.41. The number of ether oxygens (including phenoxy) is 1. The molecule has 0 unspecified atom stereocenters. The summed E-state index contributed by atoms with van der Waals surface area (Å²) in [4.78, 5) is 2.22. The van der Waals surface area contributed by atoms with Gasteiger partial charge in [-0.15, -0.1) is 0 Å². The van der Waals surface area contributed by atoms with Crippen LogP contribution in [0.5, 0.6) is 11.5 Å². The first-order chi connectivity index (χ1) is 14.3. The zero-order chi connectivity index (χ0) is 19.6. The van der Waals surface area contributed by atoms with Gasteiger partial charge >= 0.3 is 0 Å². The second kappa shape index (κ2) is 7.32. The summed E-state index contributed by atoms with van der Waals surface area (Å²) in [6, 6.07) is 28.1. The molecule has 1 aromatic heterocycles. The van der Waals surface area contributed by atoms with Crippen LogP contribution < -0.4 is 4.74 Å². The maximum atomic E-state index is 5.89.